The van der Waals surface area contributed by atoms with Gasteiger partial charge in [0, 0.05) is 17.1 Å². The normalized spacial score (nSPS) is 11.9. The summed E-state index contributed by atoms with van der Waals surface area (Å²) in [4.78, 5) is 0.839. The minimum atomic E-state index is -3.35. The van der Waals surface area contributed by atoms with Crippen molar-refractivity contribution in [2.45, 2.75) is 30.9 Å². The first-order chi connectivity index (χ1) is 6.97. The van der Waals surface area contributed by atoms with Gasteiger partial charge in [0.05, 0.1) is 0 Å². The summed E-state index contributed by atoms with van der Waals surface area (Å²) in [6.07, 6.45) is 1.81. The van der Waals surface area contributed by atoms with Crippen molar-refractivity contribution >= 4 is 27.0 Å². The number of rotatable bonds is 5. The van der Waals surface area contributed by atoms with Gasteiger partial charge in [-0.2, -0.15) is 0 Å². The summed E-state index contributed by atoms with van der Waals surface area (Å²) in [5, 5.41) is 0. The number of nitrogen functional groups attached to an aromatic ring is 1. The molecule has 0 spiro atoms. The molecule has 15 heavy (non-hydrogen) atoms. The van der Waals surface area contributed by atoms with Gasteiger partial charge in [0.2, 0.25) is 10.0 Å². The summed E-state index contributed by atoms with van der Waals surface area (Å²) < 4.78 is 26.3. The van der Waals surface area contributed by atoms with Crippen LogP contribution in [-0.2, 0) is 10.0 Å². The molecule has 6 heteroatoms. The van der Waals surface area contributed by atoms with Gasteiger partial charge >= 0.3 is 0 Å². The Bertz CT molecular complexity index is 404. The Kier molecular flexibility index (Phi) is 4.12. The van der Waals surface area contributed by atoms with Gasteiger partial charge in [-0.05, 0) is 19.4 Å². The van der Waals surface area contributed by atoms with E-state index >= 15 is 0 Å². The molecule has 0 aliphatic rings. The fraction of sp³-hybridized carbons (Fsp3) is 0.556. The lowest BCUT2D eigenvalue weighted by atomic mass is 10.3. The van der Waals surface area contributed by atoms with Crippen molar-refractivity contribution in [2.75, 3.05) is 12.3 Å². The average molecular weight is 248 g/mol. The zero-order valence-electron chi connectivity index (χ0n) is 8.91. The molecule has 0 radical (unpaired) electrons. The van der Waals surface area contributed by atoms with Gasteiger partial charge in [0.1, 0.15) is 4.21 Å². The molecule has 4 nitrogen and oxygen atoms in total. The van der Waals surface area contributed by atoms with Crippen molar-refractivity contribution in [3.05, 3.63) is 10.9 Å². The van der Waals surface area contributed by atoms with Crippen molar-refractivity contribution in [3.63, 3.8) is 0 Å². The number of aryl methyl sites for hydroxylation is 1. The first-order valence-electron chi connectivity index (χ1n) is 4.83. The molecule has 1 rings (SSSR count). The van der Waals surface area contributed by atoms with Gasteiger partial charge in [0.15, 0.2) is 0 Å². The first-order valence-corrected chi connectivity index (χ1v) is 7.13. The molecule has 0 aromatic carbocycles. The zero-order valence-corrected chi connectivity index (χ0v) is 10.5. The number of sulfonamides is 1. The Hall–Kier alpha value is -0.590. The van der Waals surface area contributed by atoms with Gasteiger partial charge in [-0.25, -0.2) is 13.1 Å². The zero-order chi connectivity index (χ0) is 11.5. The van der Waals surface area contributed by atoms with E-state index in [0.29, 0.717) is 16.4 Å². The van der Waals surface area contributed by atoms with Crippen LogP contribution in [0.4, 0.5) is 5.69 Å². The van der Waals surface area contributed by atoms with E-state index in [1.165, 1.54) is 17.4 Å². The number of hydrogen-bond acceptors (Lipinski definition) is 4. The summed E-state index contributed by atoms with van der Waals surface area (Å²) in [6.45, 7) is 4.31. The summed E-state index contributed by atoms with van der Waals surface area (Å²) >= 11 is 1.20. The second kappa shape index (κ2) is 4.96. The molecule has 0 saturated heterocycles. The van der Waals surface area contributed by atoms with Crippen LogP contribution in [-0.4, -0.2) is 15.0 Å². The number of nitrogens with one attached hydrogen (secondary N) is 1. The van der Waals surface area contributed by atoms with Gasteiger partial charge in [-0.3, -0.25) is 0 Å². The Morgan fingerprint density at radius 3 is 2.67 bits per heavy atom. The predicted octanol–water partition coefficient (Wildman–Crippen LogP) is 1.72. The molecule has 3 N–H and O–H groups in total. The van der Waals surface area contributed by atoms with Crippen LogP contribution < -0.4 is 10.5 Å². The van der Waals surface area contributed by atoms with Crippen LogP contribution in [0.25, 0.3) is 0 Å². The second-order valence-electron chi connectivity index (χ2n) is 3.33. The van der Waals surface area contributed by atoms with E-state index in [9.17, 15) is 8.42 Å². The summed E-state index contributed by atoms with van der Waals surface area (Å²) in [5.41, 5.74) is 6.15. The summed E-state index contributed by atoms with van der Waals surface area (Å²) in [5.74, 6) is 0. The first kappa shape index (κ1) is 12.5. The molecule has 1 aromatic rings. The standard InChI is InChI=1S/C9H16N2O2S2/c1-3-4-5-11-15(12,13)9-6-8(10)7(2)14-9/h6,11H,3-5,10H2,1-2H3. The molecule has 1 aromatic heterocycles. The topological polar surface area (TPSA) is 72.2 Å². The quantitative estimate of drug-likeness (QED) is 0.779. The minimum absolute atomic E-state index is 0.300. The molecule has 0 saturated carbocycles. The smallest absolute Gasteiger partial charge is 0.250 e. The molecular weight excluding hydrogens is 232 g/mol. The maximum atomic E-state index is 11.7. The highest BCUT2D eigenvalue weighted by molar-refractivity contribution is 7.91. The van der Waals surface area contributed by atoms with Crippen molar-refractivity contribution in [1.82, 2.24) is 4.72 Å². The number of thiophene rings is 1. The molecule has 0 fully saturated rings. The van der Waals surface area contributed by atoms with E-state index in [-0.39, 0.29) is 0 Å². The third-order valence-corrected chi connectivity index (χ3v) is 5.02. The molecular formula is C9H16N2O2S2. The Labute approximate surface area is 94.5 Å². The van der Waals surface area contributed by atoms with E-state index in [4.69, 9.17) is 5.73 Å². The predicted molar refractivity (Wildman–Crippen MR) is 63.6 cm³/mol. The number of nitrogens with two attached hydrogens (primary N) is 1. The van der Waals surface area contributed by atoms with Crippen LogP contribution >= 0.6 is 11.3 Å². The van der Waals surface area contributed by atoms with Gasteiger partial charge in [0.25, 0.3) is 0 Å². The highest BCUT2D eigenvalue weighted by Crippen LogP contribution is 2.26. The van der Waals surface area contributed by atoms with E-state index in [1.807, 2.05) is 13.8 Å². The summed E-state index contributed by atoms with van der Waals surface area (Å²) in [6, 6.07) is 1.51. The monoisotopic (exact) mass is 248 g/mol. The lowest BCUT2D eigenvalue weighted by molar-refractivity contribution is 0.580. The van der Waals surface area contributed by atoms with Crippen molar-refractivity contribution < 1.29 is 8.42 Å². The molecule has 0 aliphatic heterocycles. The Morgan fingerprint density at radius 2 is 2.20 bits per heavy atom. The van der Waals surface area contributed by atoms with Crippen LogP contribution in [0.5, 0.6) is 0 Å². The highest BCUT2D eigenvalue weighted by atomic mass is 32.2. The van der Waals surface area contributed by atoms with Crippen molar-refractivity contribution in [2.24, 2.45) is 0 Å². The average Bonchev–Trinajstić information content (AvgIpc) is 2.48. The third kappa shape index (κ3) is 3.19. The number of anilines is 1. The minimum Gasteiger partial charge on any atom is -0.398 e. The molecule has 0 unspecified atom stereocenters. The van der Waals surface area contributed by atoms with E-state index in [1.54, 1.807) is 0 Å². The highest BCUT2D eigenvalue weighted by Gasteiger charge is 2.16. The van der Waals surface area contributed by atoms with E-state index < -0.39 is 10.0 Å². The molecule has 0 aliphatic carbocycles. The van der Waals surface area contributed by atoms with Gasteiger partial charge in [-0.1, -0.05) is 13.3 Å². The number of hydrogen-bond donors (Lipinski definition) is 2. The molecule has 0 bridgehead atoms. The second-order valence-corrected chi connectivity index (χ2v) is 6.58. The van der Waals surface area contributed by atoms with Gasteiger partial charge < -0.3 is 5.73 Å². The van der Waals surface area contributed by atoms with Crippen LogP contribution in [0.3, 0.4) is 0 Å². The summed E-state index contributed by atoms with van der Waals surface area (Å²) in [7, 11) is -3.35. The van der Waals surface area contributed by atoms with Crippen molar-refractivity contribution in [1.29, 1.82) is 0 Å². The lowest BCUT2D eigenvalue weighted by Gasteiger charge is -2.02. The molecule has 0 atom stereocenters. The largest absolute Gasteiger partial charge is 0.398 e. The lowest BCUT2D eigenvalue weighted by Crippen LogP contribution is -2.23. The van der Waals surface area contributed by atoms with E-state index in [0.717, 1.165) is 17.7 Å². The maximum absolute atomic E-state index is 11.7. The van der Waals surface area contributed by atoms with Crippen LogP contribution in [0.2, 0.25) is 0 Å². The van der Waals surface area contributed by atoms with Crippen LogP contribution in [0, 0.1) is 6.92 Å². The van der Waals surface area contributed by atoms with Crippen LogP contribution in [0.15, 0.2) is 10.3 Å². The Morgan fingerprint density at radius 1 is 1.53 bits per heavy atom. The molecule has 86 valence electrons. The van der Waals surface area contributed by atoms with Crippen LogP contribution in [0.1, 0.15) is 24.6 Å². The fourth-order valence-electron chi connectivity index (χ4n) is 1.05. The van der Waals surface area contributed by atoms with Gasteiger partial charge in [-0.15, -0.1) is 11.3 Å². The Balaban J connectivity index is 2.77. The molecule has 0 amide bonds. The maximum Gasteiger partial charge on any atom is 0.250 e. The van der Waals surface area contributed by atoms with E-state index in [2.05, 4.69) is 4.72 Å². The number of unbranched alkanes of at least 4 members (excludes halogenated alkanes) is 1. The SMILES string of the molecule is CCCCNS(=O)(=O)c1cc(N)c(C)s1. The molecule has 1 heterocycles. The fourth-order valence-corrected chi connectivity index (χ4v) is 3.55. The third-order valence-electron chi connectivity index (χ3n) is 2.02. The van der Waals surface area contributed by atoms with Crippen molar-refractivity contribution in [3.8, 4) is 0 Å².